The standard InChI is InChI=1S/C16H24N2O/c1-12-11-14(17-3)8-9-15(12)16(19)18-10-6-4-5-7-13(18)2/h8-9,11,13,17H,4-7,10H2,1-3H3. The van der Waals surface area contributed by atoms with Gasteiger partial charge in [-0.2, -0.15) is 0 Å². The molecule has 1 amide bonds. The number of aryl methyl sites for hydroxylation is 1. The van der Waals surface area contributed by atoms with E-state index in [-0.39, 0.29) is 5.91 Å². The van der Waals surface area contributed by atoms with Gasteiger partial charge in [0.25, 0.3) is 5.91 Å². The molecule has 1 N–H and O–H groups in total. The molecular weight excluding hydrogens is 236 g/mol. The van der Waals surface area contributed by atoms with E-state index in [0.29, 0.717) is 6.04 Å². The molecule has 0 bridgehead atoms. The molecule has 1 unspecified atom stereocenters. The molecule has 2 rings (SSSR count). The molecule has 1 heterocycles. The first kappa shape index (κ1) is 13.9. The highest BCUT2D eigenvalue weighted by Crippen LogP contribution is 2.22. The predicted molar refractivity (Wildman–Crippen MR) is 79.7 cm³/mol. The van der Waals surface area contributed by atoms with Crippen LogP contribution in [0.15, 0.2) is 18.2 Å². The van der Waals surface area contributed by atoms with Crippen LogP contribution in [0, 0.1) is 6.92 Å². The number of rotatable bonds is 2. The molecule has 1 aliphatic rings. The molecule has 0 radical (unpaired) electrons. The van der Waals surface area contributed by atoms with Crippen LogP contribution in [-0.2, 0) is 0 Å². The average Bonchev–Trinajstić information content (AvgIpc) is 2.62. The zero-order valence-corrected chi connectivity index (χ0v) is 12.2. The van der Waals surface area contributed by atoms with E-state index in [1.807, 2.05) is 37.1 Å². The third kappa shape index (κ3) is 3.09. The Morgan fingerprint density at radius 3 is 2.79 bits per heavy atom. The zero-order valence-electron chi connectivity index (χ0n) is 12.2. The van der Waals surface area contributed by atoms with Gasteiger partial charge in [-0.15, -0.1) is 0 Å². The zero-order chi connectivity index (χ0) is 13.8. The third-order valence-electron chi connectivity index (χ3n) is 4.06. The highest BCUT2D eigenvalue weighted by atomic mass is 16.2. The number of carbonyl (C=O) groups excluding carboxylic acids is 1. The van der Waals surface area contributed by atoms with E-state index in [4.69, 9.17) is 0 Å². The normalized spacial score (nSPS) is 19.9. The van der Waals surface area contributed by atoms with Crippen molar-refractivity contribution in [1.82, 2.24) is 4.90 Å². The summed E-state index contributed by atoms with van der Waals surface area (Å²) in [6.07, 6.45) is 4.73. The van der Waals surface area contributed by atoms with E-state index in [2.05, 4.69) is 12.2 Å². The summed E-state index contributed by atoms with van der Waals surface area (Å²) >= 11 is 0. The van der Waals surface area contributed by atoms with E-state index >= 15 is 0 Å². The summed E-state index contributed by atoms with van der Waals surface area (Å²) < 4.78 is 0. The Kier molecular flexibility index (Phi) is 4.46. The fourth-order valence-electron chi connectivity index (χ4n) is 2.79. The first-order chi connectivity index (χ1) is 9.13. The van der Waals surface area contributed by atoms with Crippen molar-refractivity contribution in [3.63, 3.8) is 0 Å². The van der Waals surface area contributed by atoms with E-state index in [1.54, 1.807) is 0 Å². The Morgan fingerprint density at radius 2 is 2.11 bits per heavy atom. The van der Waals surface area contributed by atoms with Gasteiger partial charge in [-0.1, -0.05) is 12.8 Å². The molecule has 1 aromatic rings. The monoisotopic (exact) mass is 260 g/mol. The van der Waals surface area contributed by atoms with Gasteiger partial charge >= 0.3 is 0 Å². The topological polar surface area (TPSA) is 32.3 Å². The van der Waals surface area contributed by atoms with Crippen molar-refractivity contribution in [3.05, 3.63) is 29.3 Å². The van der Waals surface area contributed by atoms with Crippen LogP contribution in [0.5, 0.6) is 0 Å². The summed E-state index contributed by atoms with van der Waals surface area (Å²) in [6, 6.07) is 6.32. The van der Waals surface area contributed by atoms with Crippen molar-refractivity contribution in [3.8, 4) is 0 Å². The van der Waals surface area contributed by atoms with Crippen molar-refractivity contribution in [2.75, 3.05) is 18.9 Å². The second-order valence-electron chi connectivity index (χ2n) is 5.48. The molecule has 1 aromatic carbocycles. The lowest BCUT2D eigenvalue weighted by Gasteiger charge is -2.28. The molecular formula is C16H24N2O. The lowest BCUT2D eigenvalue weighted by Crippen LogP contribution is -2.38. The largest absolute Gasteiger partial charge is 0.388 e. The Balaban J connectivity index is 2.22. The number of anilines is 1. The summed E-state index contributed by atoms with van der Waals surface area (Å²) in [5.41, 5.74) is 2.94. The van der Waals surface area contributed by atoms with Crippen molar-refractivity contribution >= 4 is 11.6 Å². The quantitative estimate of drug-likeness (QED) is 0.883. The maximum Gasteiger partial charge on any atom is 0.254 e. The molecule has 0 spiro atoms. The number of carbonyl (C=O) groups is 1. The Bertz CT molecular complexity index is 456. The summed E-state index contributed by atoms with van der Waals surface area (Å²) in [5.74, 6) is 0.189. The van der Waals surface area contributed by atoms with Gasteiger partial charge in [0, 0.05) is 30.9 Å². The van der Waals surface area contributed by atoms with E-state index in [9.17, 15) is 4.79 Å². The SMILES string of the molecule is CNc1ccc(C(=O)N2CCCCCC2C)c(C)c1. The van der Waals surface area contributed by atoms with Gasteiger partial charge in [0.15, 0.2) is 0 Å². The summed E-state index contributed by atoms with van der Waals surface area (Å²) in [4.78, 5) is 14.7. The number of benzene rings is 1. The minimum absolute atomic E-state index is 0.189. The predicted octanol–water partition coefficient (Wildman–Crippen LogP) is 3.44. The lowest BCUT2D eigenvalue weighted by atomic mass is 10.1. The number of nitrogens with zero attached hydrogens (tertiary/aromatic N) is 1. The fraction of sp³-hybridized carbons (Fsp3) is 0.562. The van der Waals surface area contributed by atoms with Gasteiger partial charge in [0.05, 0.1) is 0 Å². The van der Waals surface area contributed by atoms with Crippen molar-refractivity contribution < 1.29 is 4.79 Å². The molecule has 3 heteroatoms. The van der Waals surface area contributed by atoms with Crippen LogP contribution in [0.1, 0.15) is 48.5 Å². The van der Waals surface area contributed by atoms with Gasteiger partial charge in [0.1, 0.15) is 0 Å². The molecule has 1 saturated heterocycles. The van der Waals surface area contributed by atoms with Crippen LogP contribution in [0.2, 0.25) is 0 Å². The molecule has 1 atom stereocenters. The maximum atomic E-state index is 12.7. The number of nitrogens with one attached hydrogen (secondary N) is 1. The molecule has 19 heavy (non-hydrogen) atoms. The van der Waals surface area contributed by atoms with Crippen LogP contribution >= 0.6 is 0 Å². The Labute approximate surface area is 116 Å². The lowest BCUT2D eigenvalue weighted by molar-refractivity contribution is 0.0697. The van der Waals surface area contributed by atoms with Crippen LogP contribution in [-0.4, -0.2) is 30.4 Å². The van der Waals surface area contributed by atoms with Crippen molar-refractivity contribution in [1.29, 1.82) is 0 Å². The van der Waals surface area contributed by atoms with E-state index in [1.165, 1.54) is 12.8 Å². The van der Waals surface area contributed by atoms with Gasteiger partial charge in [-0.3, -0.25) is 4.79 Å². The Morgan fingerprint density at radius 1 is 1.32 bits per heavy atom. The number of hydrogen-bond acceptors (Lipinski definition) is 2. The van der Waals surface area contributed by atoms with Gasteiger partial charge in [0.2, 0.25) is 0 Å². The molecule has 104 valence electrons. The molecule has 0 aliphatic carbocycles. The molecule has 0 aromatic heterocycles. The second-order valence-corrected chi connectivity index (χ2v) is 5.48. The highest BCUT2D eigenvalue weighted by Gasteiger charge is 2.23. The molecule has 1 fully saturated rings. The average molecular weight is 260 g/mol. The summed E-state index contributed by atoms with van der Waals surface area (Å²) in [5, 5.41) is 3.11. The smallest absolute Gasteiger partial charge is 0.254 e. The van der Waals surface area contributed by atoms with Crippen molar-refractivity contribution in [2.45, 2.75) is 45.6 Å². The van der Waals surface area contributed by atoms with Crippen LogP contribution < -0.4 is 5.32 Å². The number of hydrogen-bond donors (Lipinski definition) is 1. The fourth-order valence-corrected chi connectivity index (χ4v) is 2.79. The van der Waals surface area contributed by atoms with Crippen LogP contribution in [0.3, 0.4) is 0 Å². The third-order valence-corrected chi connectivity index (χ3v) is 4.06. The van der Waals surface area contributed by atoms with Gasteiger partial charge < -0.3 is 10.2 Å². The summed E-state index contributed by atoms with van der Waals surface area (Å²) in [7, 11) is 1.90. The molecule has 3 nitrogen and oxygen atoms in total. The number of likely N-dealkylation sites (tertiary alicyclic amines) is 1. The van der Waals surface area contributed by atoms with Gasteiger partial charge in [-0.05, 0) is 50.5 Å². The molecule has 1 aliphatic heterocycles. The van der Waals surface area contributed by atoms with Crippen molar-refractivity contribution in [2.24, 2.45) is 0 Å². The van der Waals surface area contributed by atoms with Crippen LogP contribution in [0.25, 0.3) is 0 Å². The van der Waals surface area contributed by atoms with E-state index < -0.39 is 0 Å². The second kappa shape index (κ2) is 6.09. The first-order valence-electron chi connectivity index (χ1n) is 7.23. The first-order valence-corrected chi connectivity index (χ1v) is 7.23. The minimum atomic E-state index is 0.189. The van der Waals surface area contributed by atoms with E-state index in [0.717, 1.165) is 36.2 Å². The Hall–Kier alpha value is -1.51. The number of amides is 1. The summed E-state index contributed by atoms with van der Waals surface area (Å²) in [6.45, 7) is 5.07. The molecule has 0 saturated carbocycles. The maximum absolute atomic E-state index is 12.7. The van der Waals surface area contributed by atoms with Gasteiger partial charge in [-0.25, -0.2) is 0 Å². The minimum Gasteiger partial charge on any atom is -0.388 e. The van der Waals surface area contributed by atoms with Crippen LogP contribution in [0.4, 0.5) is 5.69 Å². The highest BCUT2D eigenvalue weighted by molar-refractivity contribution is 5.96.